The van der Waals surface area contributed by atoms with Crippen molar-refractivity contribution in [2.45, 2.75) is 38.5 Å². The number of guanidine groups is 1. The van der Waals surface area contributed by atoms with Crippen LogP contribution in [-0.4, -0.2) is 17.5 Å². The van der Waals surface area contributed by atoms with Crippen LogP contribution in [0.2, 0.25) is 0 Å². The average Bonchev–Trinajstić information content (AvgIpc) is 2.53. The number of pyridine rings is 1. The summed E-state index contributed by atoms with van der Waals surface area (Å²) in [5, 5.41) is 14.8. The monoisotopic (exact) mass is 309 g/mol. The topological polar surface area (TPSA) is 73.1 Å². The maximum Gasteiger partial charge on any atom is 0.209 e. The van der Waals surface area contributed by atoms with E-state index in [9.17, 15) is 0 Å². The van der Waals surface area contributed by atoms with Crippen LogP contribution >= 0.6 is 0 Å². The zero-order valence-electron chi connectivity index (χ0n) is 13.3. The van der Waals surface area contributed by atoms with Crippen molar-refractivity contribution in [3.05, 3.63) is 24.5 Å². The molecule has 120 valence electrons. The van der Waals surface area contributed by atoms with Crippen molar-refractivity contribution >= 4 is 11.6 Å². The third-order valence-corrected chi connectivity index (χ3v) is 5.84. The van der Waals surface area contributed by atoms with Gasteiger partial charge in [-0.1, -0.05) is 0 Å². The number of rotatable bonds is 3. The summed E-state index contributed by atoms with van der Waals surface area (Å²) >= 11 is 0. The van der Waals surface area contributed by atoms with Gasteiger partial charge in [-0.2, -0.15) is 5.26 Å². The van der Waals surface area contributed by atoms with E-state index in [0.29, 0.717) is 11.4 Å². The summed E-state index contributed by atoms with van der Waals surface area (Å²) in [5.41, 5.74) is 1.23. The van der Waals surface area contributed by atoms with E-state index in [4.69, 9.17) is 10.3 Å². The highest BCUT2D eigenvalue weighted by Gasteiger charge is 2.50. The minimum Gasteiger partial charge on any atom is -0.324 e. The molecule has 0 saturated heterocycles. The fraction of sp³-hybridized carbons (Fsp3) is 0.611. The van der Waals surface area contributed by atoms with Crippen LogP contribution < -0.4 is 10.6 Å². The van der Waals surface area contributed by atoms with Crippen LogP contribution in [0.15, 0.2) is 29.5 Å². The lowest BCUT2D eigenvalue weighted by molar-refractivity contribution is -0.0465. The Morgan fingerprint density at radius 1 is 1.26 bits per heavy atom. The molecule has 5 rings (SSSR count). The molecule has 1 aromatic heterocycles. The molecule has 0 atom stereocenters. The summed E-state index contributed by atoms with van der Waals surface area (Å²) in [6.45, 7) is 0.827. The maximum absolute atomic E-state index is 8.98. The fourth-order valence-corrected chi connectivity index (χ4v) is 5.47. The van der Waals surface area contributed by atoms with E-state index >= 15 is 0 Å². The molecule has 4 saturated carbocycles. The summed E-state index contributed by atoms with van der Waals surface area (Å²) in [5.74, 6) is 3.32. The van der Waals surface area contributed by atoms with Gasteiger partial charge in [0.2, 0.25) is 5.96 Å². The largest absolute Gasteiger partial charge is 0.324 e. The van der Waals surface area contributed by atoms with E-state index in [1.165, 1.54) is 38.5 Å². The fourth-order valence-electron chi connectivity index (χ4n) is 5.47. The van der Waals surface area contributed by atoms with Crippen LogP contribution in [0.4, 0.5) is 5.69 Å². The average molecular weight is 309 g/mol. The predicted molar refractivity (Wildman–Crippen MR) is 89.5 cm³/mol. The van der Waals surface area contributed by atoms with E-state index in [0.717, 1.165) is 30.0 Å². The number of aliphatic imine (C=N–C) groups is 1. The Bertz CT molecular complexity index is 595. The molecule has 0 unspecified atom stereocenters. The number of hydrogen-bond donors (Lipinski definition) is 2. The quantitative estimate of drug-likeness (QED) is 0.389. The molecule has 0 aliphatic heterocycles. The number of nitrogens with one attached hydrogen (secondary N) is 2. The number of aromatic nitrogens is 1. The normalized spacial score (nSPS) is 34.9. The van der Waals surface area contributed by atoms with Crippen LogP contribution in [0.25, 0.3) is 0 Å². The lowest BCUT2D eigenvalue weighted by Gasteiger charge is -2.56. The summed E-state index contributed by atoms with van der Waals surface area (Å²) in [6.07, 6.45) is 13.8. The summed E-state index contributed by atoms with van der Waals surface area (Å²) in [6, 6.07) is 3.79. The summed E-state index contributed by atoms with van der Waals surface area (Å²) in [7, 11) is 0. The van der Waals surface area contributed by atoms with Crippen LogP contribution in [0.1, 0.15) is 38.5 Å². The number of anilines is 1. The van der Waals surface area contributed by atoms with Crippen molar-refractivity contribution in [3.8, 4) is 6.19 Å². The Labute approximate surface area is 137 Å². The molecule has 4 aliphatic rings. The van der Waals surface area contributed by atoms with E-state index in [1.807, 2.05) is 18.3 Å². The Morgan fingerprint density at radius 2 is 1.96 bits per heavy atom. The highest BCUT2D eigenvalue weighted by molar-refractivity contribution is 5.94. The first-order valence-electron chi connectivity index (χ1n) is 8.61. The maximum atomic E-state index is 8.98. The third-order valence-electron chi connectivity index (χ3n) is 5.84. The minimum absolute atomic E-state index is 0.383. The number of nitrogens with zero attached hydrogens (tertiary/aromatic N) is 3. The zero-order chi connectivity index (χ0) is 15.7. The van der Waals surface area contributed by atoms with Gasteiger partial charge in [0.1, 0.15) is 0 Å². The van der Waals surface area contributed by atoms with E-state index < -0.39 is 0 Å². The Balaban J connectivity index is 1.48. The second kappa shape index (κ2) is 5.84. The van der Waals surface area contributed by atoms with Gasteiger partial charge in [0, 0.05) is 12.7 Å². The molecule has 0 spiro atoms. The van der Waals surface area contributed by atoms with Crippen molar-refractivity contribution in [1.29, 1.82) is 5.26 Å². The molecule has 2 N–H and O–H groups in total. The molecule has 0 radical (unpaired) electrons. The van der Waals surface area contributed by atoms with Crippen molar-refractivity contribution in [3.63, 3.8) is 0 Å². The molecule has 4 bridgehead atoms. The van der Waals surface area contributed by atoms with Gasteiger partial charge in [0.05, 0.1) is 11.9 Å². The van der Waals surface area contributed by atoms with Gasteiger partial charge in [0.25, 0.3) is 0 Å². The molecule has 23 heavy (non-hydrogen) atoms. The van der Waals surface area contributed by atoms with Crippen molar-refractivity contribution in [2.75, 3.05) is 11.9 Å². The molecule has 1 aromatic rings. The van der Waals surface area contributed by atoms with Crippen LogP contribution in [0.5, 0.6) is 0 Å². The molecular formula is C18H23N5. The summed E-state index contributed by atoms with van der Waals surface area (Å²) < 4.78 is 0. The predicted octanol–water partition coefficient (Wildman–Crippen LogP) is 3.14. The molecule has 5 heteroatoms. The van der Waals surface area contributed by atoms with Gasteiger partial charge in [0.15, 0.2) is 6.19 Å². The Morgan fingerprint density at radius 3 is 2.52 bits per heavy atom. The Hall–Kier alpha value is -2.09. The first kappa shape index (κ1) is 14.5. The van der Waals surface area contributed by atoms with Crippen LogP contribution in [0, 0.1) is 34.6 Å². The van der Waals surface area contributed by atoms with Gasteiger partial charge in [-0.05, 0) is 73.8 Å². The SMILES string of the molecule is N#CNC(=NCC12CC3CC(CC(C3)C1)C2)Nc1cccnc1. The summed E-state index contributed by atoms with van der Waals surface area (Å²) in [4.78, 5) is 8.83. The van der Waals surface area contributed by atoms with Crippen LogP contribution in [-0.2, 0) is 0 Å². The lowest BCUT2D eigenvalue weighted by Crippen LogP contribution is -2.47. The number of nitriles is 1. The molecular weight excluding hydrogens is 286 g/mol. The lowest BCUT2D eigenvalue weighted by atomic mass is 9.49. The van der Waals surface area contributed by atoms with Crippen LogP contribution in [0.3, 0.4) is 0 Å². The van der Waals surface area contributed by atoms with Gasteiger partial charge >= 0.3 is 0 Å². The van der Waals surface area contributed by atoms with E-state index in [1.54, 1.807) is 12.4 Å². The van der Waals surface area contributed by atoms with E-state index in [-0.39, 0.29) is 0 Å². The zero-order valence-corrected chi connectivity index (χ0v) is 13.3. The van der Waals surface area contributed by atoms with Gasteiger partial charge < -0.3 is 5.32 Å². The highest BCUT2D eigenvalue weighted by atomic mass is 15.2. The molecule has 1 heterocycles. The standard InChI is InChI=1S/C18H23N5/c19-12-22-17(23-16-2-1-3-20-10-16)21-11-18-7-13-4-14(8-18)6-15(5-13)9-18/h1-3,10,13-15H,4-9,11H2,(H2,21,22,23). The Kier molecular flexibility index (Phi) is 3.68. The van der Waals surface area contributed by atoms with Gasteiger partial charge in [-0.15, -0.1) is 0 Å². The number of hydrogen-bond acceptors (Lipinski definition) is 3. The molecule has 4 aliphatic carbocycles. The van der Waals surface area contributed by atoms with Gasteiger partial charge in [-0.25, -0.2) is 0 Å². The second-order valence-corrected chi connectivity index (χ2v) is 7.69. The third kappa shape index (κ3) is 3.03. The van der Waals surface area contributed by atoms with Crippen molar-refractivity contribution in [1.82, 2.24) is 10.3 Å². The second-order valence-electron chi connectivity index (χ2n) is 7.69. The van der Waals surface area contributed by atoms with Crippen molar-refractivity contribution in [2.24, 2.45) is 28.2 Å². The minimum atomic E-state index is 0.383. The smallest absolute Gasteiger partial charge is 0.209 e. The molecule has 0 amide bonds. The first-order chi connectivity index (χ1) is 11.2. The molecule has 4 fully saturated rings. The molecule has 0 aromatic carbocycles. The van der Waals surface area contributed by atoms with E-state index in [2.05, 4.69) is 15.6 Å². The van der Waals surface area contributed by atoms with Gasteiger partial charge in [-0.3, -0.25) is 15.3 Å². The first-order valence-corrected chi connectivity index (χ1v) is 8.61. The molecule has 5 nitrogen and oxygen atoms in total. The highest BCUT2D eigenvalue weighted by Crippen LogP contribution is 2.60. The van der Waals surface area contributed by atoms with Crippen molar-refractivity contribution < 1.29 is 0 Å².